The van der Waals surface area contributed by atoms with Crippen molar-refractivity contribution < 1.29 is 17.7 Å². The van der Waals surface area contributed by atoms with Crippen LogP contribution in [0.5, 0.6) is 0 Å². The lowest BCUT2D eigenvalue weighted by Gasteiger charge is -2.36. The zero-order valence-corrected chi connectivity index (χ0v) is 77.8. The van der Waals surface area contributed by atoms with Crippen LogP contribution in [0.1, 0.15) is 89.0 Å². The third kappa shape index (κ3) is 12.4. The molecule has 2 aliphatic rings. The predicted octanol–water partition coefficient (Wildman–Crippen LogP) is 36.0. The van der Waals surface area contributed by atoms with Gasteiger partial charge in [0.1, 0.15) is 33.5 Å². The Morgan fingerprint density at radius 3 is 0.870 bits per heavy atom. The summed E-state index contributed by atoms with van der Waals surface area (Å²) in [4.78, 5) is 9.80. The molecular formula is C130H94N4O4. The fourth-order valence-electron chi connectivity index (χ4n) is 23.0. The number of fused-ring (bicyclic) bond motifs is 22. The molecule has 0 fully saturated rings. The zero-order chi connectivity index (χ0) is 92.5. The fourth-order valence-corrected chi connectivity index (χ4v) is 23.0. The van der Waals surface area contributed by atoms with E-state index in [0.717, 1.165) is 267 Å². The molecule has 4 aromatic heterocycles. The van der Waals surface area contributed by atoms with E-state index in [4.69, 9.17) is 17.7 Å². The molecule has 0 saturated heterocycles. The minimum Gasteiger partial charge on any atom is -0.455 e. The molecule has 0 amide bonds. The van der Waals surface area contributed by atoms with Crippen molar-refractivity contribution in [3.63, 3.8) is 0 Å². The zero-order valence-electron chi connectivity index (χ0n) is 77.8. The second kappa shape index (κ2) is 31.7. The summed E-state index contributed by atoms with van der Waals surface area (Å²) in [6.45, 7) is 17.5. The minimum absolute atomic E-state index is 0.735. The fraction of sp³-hybridized carbons (Fsp3) is 0.0769. The van der Waals surface area contributed by atoms with Gasteiger partial charge >= 0.3 is 0 Å². The first kappa shape index (κ1) is 81.6. The lowest BCUT2D eigenvalue weighted by molar-refractivity contribution is 0.668. The molecule has 8 nitrogen and oxygen atoms in total. The van der Waals surface area contributed by atoms with Crippen LogP contribution in [0, 0.1) is 55.4 Å². The van der Waals surface area contributed by atoms with Crippen molar-refractivity contribution in [2.75, 3.05) is 19.6 Å². The van der Waals surface area contributed by atoms with Crippen LogP contribution in [0.15, 0.2) is 442 Å². The second-order valence-corrected chi connectivity index (χ2v) is 37.8. The molecule has 1 atom stereocenters. The summed E-state index contributed by atoms with van der Waals surface area (Å²) < 4.78 is 31.3. The van der Waals surface area contributed by atoms with E-state index in [1.807, 2.05) is 0 Å². The number of benzene rings is 20. The highest BCUT2D eigenvalue weighted by Gasteiger charge is 2.53. The van der Waals surface area contributed by atoms with Gasteiger partial charge < -0.3 is 37.3 Å². The van der Waals surface area contributed by atoms with Gasteiger partial charge in [-0.2, -0.15) is 0 Å². The Kier molecular flexibility index (Phi) is 18.8. The highest BCUT2D eigenvalue weighted by atomic mass is 16.3. The third-order valence-corrected chi connectivity index (χ3v) is 29.4. The van der Waals surface area contributed by atoms with Crippen LogP contribution in [0.3, 0.4) is 0 Å². The quantitative estimate of drug-likeness (QED) is 0.0894. The Morgan fingerprint density at radius 2 is 0.464 bits per heavy atom. The van der Waals surface area contributed by atoms with Crippen LogP contribution in [-0.4, -0.2) is 0 Å². The van der Waals surface area contributed by atoms with E-state index in [-0.39, 0.29) is 0 Å². The molecule has 24 aromatic rings. The Morgan fingerprint density at radius 1 is 0.181 bits per heavy atom. The number of rotatable bonds is 17. The smallest absolute Gasteiger partial charge is 0.160 e. The highest BCUT2D eigenvalue weighted by Crippen LogP contribution is 2.68. The number of nitrogens with zero attached hydrogens (tertiary/aromatic N) is 4. The van der Waals surface area contributed by atoms with Gasteiger partial charge in [0.05, 0.1) is 44.4 Å². The molecule has 0 aliphatic heterocycles. The third-order valence-electron chi connectivity index (χ3n) is 29.4. The number of para-hydroxylation sites is 5. The molecule has 8 heteroatoms. The predicted molar refractivity (Wildman–Crippen MR) is 572 cm³/mol. The Labute approximate surface area is 801 Å². The van der Waals surface area contributed by atoms with Crippen molar-refractivity contribution in [3.8, 4) is 33.4 Å². The largest absolute Gasteiger partial charge is 0.455 e. The summed E-state index contributed by atoms with van der Waals surface area (Å²) in [5.41, 5.74) is 40.1. The molecule has 138 heavy (non-hydrogen) atoms. The average molecular weight is 1780 g/mol. The van der Waals surface area contributed by atoms with E-state index in [1.54, 1.807) is 0 Å². The van der Waals surface area contributed by atoms with E-state index < -0.39 is 10.8 Å². The summed E-state index contributed by atoms with van der Waals surface area (Å²) in [6.07, 6.45) is 0. The first-order chi connectivity index (χ1) is 67.7. The maximum atomic E-state index is 8.09. The van der Waals surface area contributed by atoms with Gasteiger partial charge in [-0.05, 0) is 273 Å². The highest BCUT2D eigenvalue weighted by molar-refractivity contribution is 6.29. The van der Waals surface area contributed by atoms with Gasteiger partial charge in [-0.25, -0.2) is 0 Å². The van der Waals surface area contributed by atoms with E-state index >= 15 is 0 Å². The summed E-state index contributed by atoms with van der Waals surface area (Å²) in [5.74, 6) is 0. The second-order valence-electron chi connectivity index (χ2n) is 37.8. The van der Waals surface area contributed by atoms with Gasteiger partial charge in [-0.1, -0.05) is 307 Å². The Balaban J connectivity index is 0.768. The van der Waals surface area contributed by atoms with Gasteiger partial charge in [0, 0.05) is 100 Å². The van der Waals surface area contributed by atoms with Crippen molar-refractivity contribution in [1.29, 1.82) is 0 Å². The molecule has 2 aliphatic carbocycles. The summed E-state index contributed by atoms with van der Waals surface area (Å²) in [7, 11) is 0. The number of hydrogen-bond acceptors (Lipinski definition) is 8. The number of furan rings is 4. The monoisotopic (exact) mass is 1770 g/mol. The van der Waals surface area contributed by atoms with Crippen LogP contribution < -0.4 is 19.6 Å². The SMILES string of the molecule is Cc1ccc(N(c2ccc(C)cc2)c2cc3c(c4c2oc2cc(-c5ccc(C6(c7ccccc7)c7cc(N(c8ccccc8)c8cc(C)ccc8C)c8c(oc9ccccc98)c7-c7c6cc(N(c6ccccc6)c6cc(C)ccc6C)c6oc8ccccc8c76)cc5)ccc24)-c2c(cc(N(c4ccc(C)cc4)c4ccc(C)cc4)c4c2oc2ccccc24)C3(c2ccccc2)c2ccccc2)cc1. The molecular weight excluding hydrogens is 1680 g/mol. The molecule has 20 aromatic carbocycles. The van der Waals surface area contributed by atoms with Crippen LogP contribution in [0.2, 0.25) is 0 Å². The van der Waals surface area contributed by atoms with Crippen LogP contribution in [0.25, 0.3) is 121 Å². The topological polar surface area (TPSA) is 65.5 Å². The molecule has 0 radical (unpaired) electrons. The average Bonchev–Trinajstić information content (AvgIpc) is 1.50. The summed E-state index contributed by atoms with van der Waals surface area (Å²) in [5, 5.41) is 8.00. The van der Waals surface area contributed by atoms with E-state index in [9.17, 15) is 0 Å². The first-order valence-electron chi connectivity index (χ1n) is 47.7. The number of anilines is 12. The Hall–Kier alpha value is -17.2. The van der Waals surface area contributed by atoms with Crippen molar-refractivity contribution in [3.05, 3.63) is 514 Å². The normalized spacial score (nSPS) is 13.6. The molecule has 0 N–H and O–H groups in total. The van der Waals surface area contributed by atoms with Crippen LogP contribution in [-0.2, 0) is 10.8 Å². The van der Waals surface area contributed by atoms with Crippen LogP contribution >= 0.6 is 0 Å². The minimum atomic E-state index is -1.10. The lowest BCUT2D eigenvalue weighted by Crippen LogP contribution is -2.29. The summed E-state index contributed by atoms with van der Waals surface area (Å²) in [6, 6.07) is 157. The molecule has 1 unspecified atom stereocenters. The van der Waals surface area contributed by atoms with Gasteiger partial charge in [-0.3, -0.25) is 0 Å². The van der Waals surface area contributed by atoms with Crippen molar-refractivity contribution in [2.45, 2.75) is 66.2 Å². The van der Waals surface area contributed by atoms with E-state index in [1.165, 1.54) is 11.1 Å². The van der Waals surface area contributed by atoms with Crippen molar-refractivity contribution in [2.24, 2.45) is 0 Å². The van der Waals surface area contributed by atoms with Gasteiger partial charge in [0.2, 0.25) is 0 Å². The maximum Gasteiger partial charge on any atom is 0.160 e. The standard InChI is InChI=1S/C130H94N4O4/c1-79-48-63-95(64-49-79)131(96-65-50-80(2)51-66-96)109-75-105-123(127-117(109)99-40-24-27-43-113(99)136-127)122-103(129(105,89-30-14-9-15-31-89)90-32-16-10-17-33-90)77-111(132(97-67-52-81(3)53-68-97)98-69-54-82(4)55-70-98)125-120(122)102-71-60-88(74-116(102)138-125)87-58-61-92(62-59-87)130(91-34-18-11-19-35-91)104-78-112(134(94-38-22-13-23-39-94)108-73-84(6)47-57-86(108)8)126-119(101-42-26-29-45-115(101)135-126)121(104)124-106(130)76-110(118-100-41-25-28-44-114(100)137-128(118)124)133(93-36-20-12-21-37-93)107-72-83(5)46-56-85(107)7/h9-78H,1-8H3. The molecule has 0 bridgehead atoms. The van der Waals surface area contributed by atoms with Crippen molar-refractivity contribution in [1.82, 2.24) is 0 Å². The lowest BCUT2D eigenvalue weighted by atomic mass is 9.67. The molecule has 658 valence electrons. The maximum absolute atomic E-state index is 8.09. The van der Waals surface area contributed by atoms with E-state index in [0.29, 0.717) is 0 Å². The number of aryl methyl sites for hydroxylation is 8. The van der Waals surface area contributed by atoms with Crippen molar-refractivity contribution >= 4 is 156 Å². The molecule has 26 rings (SSSR count). The van der Waals surface area contributed by atoms with E-state index in [2.05, 4.69) is 500 Å². The number of hydrogen-bond donors (Lipinski definition) is 0. The molecule has 0 saturated carbocycles. The first-order valence-corrected chi connectivity index (χ1v) is 47.7. The summed E-state index contributed by atoms with van der Waals surface area (Å²) >= 11 is 0. The van der Waals surface area contributed by atoms with Crippen LogP contribution in [0.4, 0.5) is 68.2 Å². The molecule has 4 heterocycles. The molecule has 0 spiro atoms. The Bertz CT molecular complexity index is 8880. The van der Waals surface area contributed by atoms with Gasteiger partial charge in [0.25, 0.3) is 0 Å². The van der Waals surface area contributed by atoms with Gasteiger partial charge in [0.15, 0.2) is 11.2 Å². The van der Waals surface area contributed by atoms with Gasteiger partial charge in [-0.15, -0.1) is 0 Å².